The van der Waals surface area contributed by atoms with Crippen molar-refractivity contribution in [3.63, 3.8) is 0 Å². The molecule has 0 N–H and O–H groups in total. The third-order valence-corrected chi connectivity index (χ3v) is 5.04. The van der Waals surface area contributed by atoms with Crippen LogP contribution in [0.2, 0.25) is 0 Å². The van der Waals surface area contributed by atoms with Gasteiger partial charge in [-0.3, -0.25) is 14.4 Å². The van der Waals surface area contributed by atoms with E-state index in [9.17, 15) is 14.4 Å². The molecule has 3 amide bonds. The van der Waals surface area contributed by atoms with Gasteiger partial charge < -0.3 is 4.90 Å². The smallest absolute Gasteiger partial charge is 0.240 e. The van der Waals surface area contributed by atoms with Crippen molar-refractivity contribution in [3.8, 4) is 0 Å². The molecule has 112 valence electrons. The summed E-state index contributed by atoms with van der Waals surface area (Å²) >= 11 is 0. The van der Waals surface area contributed by atoms with Crippen LogP contribution in [0.5, 0.6) is 0 Å². The molecule has 2 bridgehead atoms. The van der Waals surface area contributed by atoms with E-state index in [1.807, 2.05) is 25.1 Å². The number of benzene rings is 1. The molecule has 0 aromatic heterocycles. The van der Waals surface area contributed by atoms with Gasteiger partial charge in [0.15, 0.2) is 0 Å². The summed E-state index contributed by atoms with van der Waals surface area (Å²) in [5.74, 6) is -2.02. The summed E-state index contributed by atoms with van der Waals surface area (Å²) in [6.45, 7) is 1.95. The molecule has 5 heteroatoms. The fraction of sp³-hybridized carbons (Fsp3) is 0.353. The van der Waals surface area contributed by atoms with Gasteiger partial charge in [0.25, 0.3) is 0 Å². The van der Waals surface area contributed by atoms with Crippen molar-refractivity contribution >= 4 is 23.4 Å². The Labute approximate surface area is 128 Å². The Kier molecular flexibility index (Phi) is 2.58. The van der Waals surface area contributed by atoms with Crippen LogP contribution >= 0.6 is 0 Å². The maximum Gasteiger partial charge on any atom is 0.240 e. The second kappa shape index (κ2) is 4.29. The zero-order valence-corrected chi connectivity index (χ0v) is 12.4. The highest BCUT2D eigenvalue weighted by Gasteiger charge is 2.61. The van der Waals surface area contributed by atoms with Crippen LogP contribution in [-0.4, -0.2) is 35.7 Å². The summed E-state index contributed by atoms with van der Waals surface area (Å²) < 4.78 is 0. The van der Waals surface area contributed by atoms with E-state index >= 15 is 0 Å². The van der Waals surface area contributed by atoms with Crippen LogP contribution < -0.4 is 4.90 Å². The van der Waals surface area contributed by atoms with Gasteiger partial charge in [-0.05, 0) is 19.1 Å². The number of anilines is 1. The van der Waals surface area contributed by atoms with Crippen LogP contribution in [0, 0.1) is 24.7 Å². The number of nitrogens with zero attached hydrogens (tertiary/aromatic N) is 2. The topological polar surface area (TPSA) is 57.7 Å². The molecule has 1 aromatic carbocycles. The van der Waals surface area contributed by atoms with E-state index in [2.05, 4.69) is 0 Å². The Bertz CT molecular complexity index is 722. The van der Waals surface area contributed by atoms with E-state index in [-0.39, 0.29) is 23.8 Å². The van der Waals surface area contributed by atoms with E-state index in [1.54, 1.807) is 30.2 Å². The largest absolute Gasteiger partial charge is 0.338 e. The number of imide groups is 1. The molecule has 4 aliphatic rings. The number of rotatable bonds is 1. The van der Waals surface area contributed by atoms with Crippen molar-refractivity contribution in [2.45, 2.75) is 13.0 Å². The first-order chi connectivity index (χ1) is 10.5. The lowest BCUT2D eigenvalue weighted by Gasteiger charge is -2.44. The summed E-state index contributed by atoms with van der Waals surface area (Å²) in [6.07, 6.45) is 3.68. The van der Waals surface area contributed by atoms with Crippen LogP contribution in [0.15, 0.2) is 36.4 Å². The van der Waals surface area contributed by atoms with Crippen molar-refractivity contribution < 1.29 is 14.4 Å². The normalized spacial score (nSPS) is 32.9. The third-order valence-electron chi connectivity index (χ3n) is 5.04. The molecule has 2 saturated heterocycles. The fourth-order valence-electron chi connectivity index (χ4n) is 3.86. The van der Waals surface area contributed by atoms with Gasteiger partial charge in [0, 0.05) is 7.05 Å². The zero-order chi connectivity index (χ0) is 15.6. The number of carbonyl (C=O) groups is 3. The standard InChI is InChI=1S/C17H16N2O3/c1-9-3-5-10(6-4-9)19-16(21)13-11-7-8-12(14(13)17(19)22)18(2)15(11)20/h3-8,11-14H,1-2H3/t11-,12+,13+,14-/m1/s1. The molecule has 3 heterocycles. The number of hydrogen-bond donors (Lipinski definition) is 0. The van der Waals surface area contributed by atoms with Crippen LogP contribution in [0.4, 0.5) is 5.69 Å². The van der Waals surface area contributed by atoms with Gasteiger partial charge >= 0.3 is 0 Å². The van der Waals surface area contributed by atoms with E-state index in [1.165, 1.54) is 4.90 Å². The van der Waals surface area contributed by atoms with E-state index in [0.717, 1.165) is 5.56 Å². The van der Waals surface area contributed by atoms with Crippen molar-refractivity contribution in [2.75, 3.05) is 11.9 Å². The average molecular weight is 296 g/mol. The Morgan fingerprint density at radius 1 is 0.864 bits per heavy atom. The number of amides is 3. The van der Waals surface area contributed by atoms with Crippen molar-refractivity contribution in [1.29, 1.82) is 0 Å². The summed E-state index contributed by atoms with van der Waals surface area (Å²) in [4.78, 5) is 40.7. The molecule has 4 atom stereocenters. The number of fused-ring (bicyclic) bond motifs is 1. The van der Waals surface area contributed by atoms with Crippen LogP contribution in [0.1, 0.15) is 5.56 Å². The maximum atomic E-state index is 12.8. The minimum atomic E-state index is -0.549. The molecule has 22 heavy (non-hydrogen) atoms. The highest BCUT2D eigenvalue weighted by molar-refractivity contribution is 6.24. The molecular formula is C17H16N2O3. The second-order valence-electron chi connectivity index (χ2n) is 6.25. The van der Waals surface area contributed by atoms with Gasteiger partial charge in [-0.2, -0.15) is 0 Å². The van der Waals surface area contributed by atoms with Crippen LogP contribution in [0.3, 0.4) is 0 Å². The third kappa shape index (κ3) is 1.51. The van der Waals surface area contributed by atoms with Gasteiger partial charge in [-0.25, -0.2) is 4.90 Å². The first kappa shape index (κ1) is 13.2. The number of hydrogen-bond acceptors (Lipinski definition) is 3. The van der Waals surface area contributed by atoms with Gasteiger partial charge in [0.2, 0.25) is 17.7 Å². The van der Waals surface area contributed by atoms with E-state index < -0.39 is 17.8 Å². The first-order valence-corrected chi connectivity index (χ1v) is 7.40. The Morgan fingerprint density at radius 2 is 1.50 bits per heavy atom. The predicted molar refractivity (Wildman–Crippen MR) is 79.8 cm³/mol. The Hall–Kier alpha value is -2.43. The molecular weight excluding hydrogens is 280 g/mol. The monoisotopic (exact) mass is 296 g/mol. The highest BCUT2D eigenvalue weighted by atomic mass is 16.2. The van der Waals surface area contributed by atoms with Gasteiger partial charge in [-0.1, -0.05) is 29.8 Å². The predicted octanol–water partition coefficient (Wildman–Crippen LogP) is 1.13. The summed E-state index contributed by atoms with van der Waals surface area (Å²) in [6, 6.07) is 7.01. The number of piperidine rings is 1. The minimum Gasteiger partial charge on any atom is -0.338 e. The number of carbonyl (C=O) groups excluding carboxylic acids is 3. The second-order valence-corrected chi connectivity index (χ2v) is 6.25. The maximum absolute atomic E-state index is 12.8. The quantitative estimate of drug-likeness (QED) is 0.576. The molecule has 5 rings (SSSR count). The van der Waals surface area contributed by atoms with Gasteiger partial charge in [0.05, 0.1) is 29.5 Å². The minimum absolute atomic E-state index is 0.0688. The first-order valence-electron chi connectivity index (χ1n) is 7.40. The molecule has 3 aliphatic heterocycles. The molecule has 1 aromatic rings. The number of likely N-dealkylation sites (N-methyl/N-ethyl adjacent to an activating group) is 1. The van der Waals surface area contributed by atoms with E-state index in [0.29, 0.717) is 5.69 Å². The molecule has 0 radical (unpaired) electrons. The molecule has 0 spiro atoms. The highest BCUT2D eigenvalue weighted by Crippen LogP contribution is 2.46. The Balaban J connectivity index is 1.78. The number of aryl methyl sites for hydroxylation is 1. The molecule has 5 nitrogen and oxygen atoms in total. The van der Waals surface area contributed by atoms with Crippen LogP contribution in [-0.2, 0) is 14.4 Å². The van der Waals surface area contributed by atoms with Gasteiger partial charge in [-0.15, -0.1) is 0 Å². The molecule has 1 aliphatic carbocycles. The molecule has 2 fully saturated rings. The molecule has 0 saturated carbocycles. The molecule has 0 unspecified atom stereocenters. The van der Waals surface area contributed by atoms with Crippen molar-refractivity contribution in [2.24, 2.45) is 17.8 Å². The summed E-state index contributed by atoms with van der Waals surface area (Å²) in [5, 5.41) is 0. The SMILES string of the molecule is Cc1ccc(N2C(=O)[C@@H]3[C@H](C2=O)[C@@H]2C=C[C@H]3C(=O)N2C)cc1. The Morgan fingerprint density at radius 3 is 2.18 bits per heavy atom. The summed E-state index contributed by atoms with van der Waals surface area (Å²) in [7, 11) is 1.70. The fourth-order valence-corrected chi connectivity index (χ4v) is 3.86. The van der Waals surface area contributed by atoms with Crippen molar-refractivity contribution in [3.05, 3.63) is 42.0 Å². The van der Waals surface area contributed by atoms with Gasteiger partial charge in [0.1, 0.15) is 0 Å². The lowest BCUT2D eigenvalue weighted by molar-refractivity contribution is -0.148. The zero-order valence-electron chi connectivity index (χ0n) is 12.4. The summed E-state index contributed by atoms with van der Waals surface area (Å²) in [5.41, 5.74) is 1.65. The lowest BCUT2D eigenvalue weighted by Crippen LogP contribution is -2.57. The van der Waals surface area contributed by atoms with E-state index in [4.69, 9.17) is 0 Å². The van der Waals surface area contributed by atoms with Crippen LogP contribution in [0.25, 0.3) is 0 Å². The lowest BCUT2D eigenvalue weighted by atomic mass is 9.70. The van der Waals surface area contributed by atoms with Crippen molar-refractivity contribution in [1.82, 2.24) is 4.90 Å². The average Bonchev–Trinajstić information content (AvgIpc) is 2.78.